The minimum atomic E-state index is -0.855. The Morgan fingerprint density at radius 2 is 2.25 bits per heavy atom. The molecule has 1 heterocycles. The van der Waals surface area contributed by atoms with Crippen LogP contribution in [0.3, 0.4) is 0 Å². The van der Waals surface area contributed by atoms with Crippen molar-refractivity contribution in [1.29, 1.82) is 0 Å². The lowest BCUT2D eigenvalue weighted by molar-refractivity contribution is -0.149. The highest BCUT2D eigenvalue weighted by atomic mass is 32.1. The van der Waals surface area contributed by atoms with E-state index < -0.39 is 11.5 Å². The van der Waals surface area contributed by atoms with Crippen molar-refractivity contribution in [2.24, 2.45) is 0 Å². The molecule has 1 N–H and O–H groups in total. The van der Waals surface area contributed by atoms with Crippen molar-refractivity contribution in [2.45, 2.75) is 39.8 Å². The molecule has 0 unspecified atom stereocenters. The van der Waals surface area contributed by atoms with E-state index >= 15 is 0 Å². The number of carboxylic acid groups (broad SMARTS) is 1. The zero-order valence-corrected chi connectivity index (χ0v) is 11.0. The number of hydrogen-bond acceptors (Lipinski definition) is 4. The molecule has 1 aromatic rings. The van der Waals surface area contributed by atoms with Gasteiger partial charge in [-0.05, 0) is 27.3 Å². The number of hydrogen-bond donors (Lipinski definition) is 1. The summed E-state index contributed by atoms with van der Waals surface area (Å²) in [4.78, 5) is 17.4. The van der Waals surface area contributed by atoms with Crippen LogP contribution in [0.25, 0.3) is 0 Å². The molecule has 0 saturated heterocycles. The van der Waals surface area contributed by atoms with Gasteiger partial charge in [0.25, 0.3) is 0 Å². The number of nitrogens with zero attached hydrogens (tertiary/aromatic N) is 2. The lowest BCUT2D eigenvalue weighted by Gasteiger charge is -2.33. The molecule has 0 bridgehead atoms. The first-order chi connectivity index (χ1) is 7.37. The van der Waals surface area contributed by atoms with Crippen LogP contribution in [0.15, 0.2) is 5.38 Å². The molecule has 16 heavy (non-hydrogen) atoms. The minimum Gasteiger partial charge on any atom is -0.480 e. The minimum absolute atomic E-state index is 0.583. The molecule has 0 aliphatic heterocycles. The van der Waals surface area contributed by atoms with Gasteiger partial charge in [-0.25, -0.2) is 4.98 Å². The topological polar surface area (TPSA) is 53.4 Å². The van der Waals surface area contributed by atoms with E-state index in [4.69, 9.17) is 5.11 Å². The smallest absolute Gasteiger partial charge is 0.323 e. The fourth-order valence-electron chi connectivity index (χ4n) is 1.52. The van der Waals surface area contributed by atoms with Crippen LogP contribution in [0, 0.1) is 6.92 Å². The van der Waals surface area contributed by atoms with Crippen LogP contribution in [-0.4, -0.2) is 33.0 Å². The number of aliphatic carboxylic acids is 1. The maximum Gasteiger partial charge on any atom is 0.323 e. The number of carbonyl (C=O) groups is 1. The molecule has 0 aromatic carbocycles. The van der Waals surface area contributed by atoms with Crippen molar-refractivity contribution in [2.75, 3.05) is 6.54 Å². The van der Waals surface area contributed by atoms with Gasteiger partial charge in [0, 0.05) is 11.9 Å². The second-order valence-corrected chi connectivity index (χ2v) is 5.30. The molecule has 5 heteroatoms. The van der Waals surface area contributed by atoms with Crippen molar-refractivity contribution in [1.82, 2.24) is 9.88 Å². The van der Waals surface area contributed by atoms with Crippen LogP contribution in [0.2, 0.25) is 0 Å². The summed E-state index contributed by atoms with van der Waals surface area (Å²) in [7, 11) is 0. The molecule has 0 fully saturated rings. The van der Waals surface area contributed by atoms with Crippen molar-refractivity contribution in [3.63, 3.8) is 0 Å². The summed E-state index contributed by atoms with van der Waals surface area (Å²) >= 11 is 1.59. The highest BCUT2D eigenvalue weighted by Gasteiger charge is 2.33. The Morgan fingerprint density at radius 3 is 2.62 bits per heavy atom. The fourth-order valence-corrected chi connectivity index (χ4v) is 2.12. The van der Waals surface area contributed by atoms with Crippen LogP contribution in [0.4, 0.5) is 0 Å². The molecule has 0 radical (unpaired) electrons. The fraction of sp³-hybridized carbons (Fsp3) is 0.636. The van der Waals surface area contributed by atoms with Gasteiger partial charge < -0.3 is 5.11 Å². The molecular formula is C11H18N2O2S. The van der Waals surface area contributed by atoms with E-state index in [0.717, 1.165) is 10.7 Å². The maximum atomic E-state index is 11.2. The monoisotopic (exact) mass is 242 g/mol. The first-order valence-electron chi connectivity index (χ1n) is 5.27. The Kier molecular flexibility index (Phi) is 4.04. The van der Waals surface area contributed by atoms with Gasteiger partial charge in [-0.3, -0.25) is 9.69 Å². The second-order valence-electron chi connectivity index (χ2n) is 4.24. The Hall–Kier alpha value is -0.940. The van der Waals surface area contributed by atoms with E-state index in [1.807, 2.05) is 24.1 Å². The van der Waals surface area contributed by atoms with Crippen LogP contribution in [-0.2, 0) is 11.3 Å². The standard InChI is InChI=1S/C11H18N2O2S/c1-5-13(11(3,4)10(14)15)6-9-7-16-8(2)12-9/h7H,5-6H2,1-4H3,(H,14,15). The van der Waals surface area contributed by atoms with Gasteiger partial charge in [-0.15, -0.1) is 11.3 Å². The average Bonchev–Trinajstić information content (AvgIpc) is 2.60. The van der Waals surface area contributed by atoms with Gasteiger partial charge in [0.2, 0.25) is 0 Å². The summed E-state index contributed by atoms with van der Waals surface area (Å²) in [6.45, 7) is 8.63. The molecule has 0 spiro atoms. The lowest BCUT2D eigenvalue weighted by Crippen LogP contribution is -2.49. The first kappa shape index (κ1) is 13.1. The van der Waals surface area contributed by atoms with Gasteiger partial charge in [-0.2, -0.15) is 0 Å². The number of rotatable bonds is 5. The molecule has 1 aromatic heterocycles. The molecule has 0 aliphatic rings. The van der Waals surface area contributed by atoms with E-state index in [-0.39, 0.29) is 0 Å². The van der Waals surface area contributed by atoms with Crippen molar-refractivity contribution in [3.8, 4) is 0 Å². The summed E-state index contributed by atoms with van der Waals surface area (Å²) in [5.41, 5.74) is 0.0883. The van der Waals surface area contributed by atoms with Crippen LogP contribution in [0.5, 0.6) is 0 Å². The summed E-state index contributed by atoms with van der Waals surface area (Å²) in [5.74, 6) is -0.804. The van der Waals surface area contributed by atoms with Crippen molar-refractivity contribution in [3.05, 3.63) is 16.1 Å². The van der Waals surface area contributed by atoms with Gasteiger partial charge in [0.15, 0.2) is 0 Å². The average molecular weight is 242 g/mol. The summed E-state index contributed by atoms with van der Waals surface area (Å²) in [5, 5.41) is 12.2. The molecular weight excluding hydrogens is 224 g/mol. The van der Waals surface area contributed by atoms with Crippen LogP contribution < -0.4 is 0 Å². The lowest BCUT2D eigenvalue weighted by atomic mass is 10.0. The SMILES string of the molecule is CCN(Cc1csc(C)n1)C(C)(C)C(=O)O. The maximum absolute atomic E-state index is 11.2. The Bertz CT molecular complexity index is 374. The molecule has 1 rings (SSSR count). The summed E-state index contributed by atoms with van der Waals surface area (Å²) < 4.78 is 0. The number of aromatic nitrogens is 1. The summed E-state index contributed by atoms with van der Waals surface area (Å²) in [6.07, 6.45) is 0. The third-order valence-electron chi connectivity index (χ3n) is 2.72. The number of thiazole rings is 1. The van der Waals surface area contributed by atoms with E-state index in [1.54, 1.807) is 25.2 Å². The Morgan fingerprint density at radius 1 is 1.62 bits per heavy atom. The zero-order chi connectivity index (χ0) is 12.3. The number of aryl methyl sites for hydroxylation is 1. The number of likely N-dealkylation sites (N-methyl/N-ethyl adjacent to an activating group) is 1. The third-order valence-corrected chi connectivity index (χ3v) is 3.54. The summed E-state index contributed by atoms with van der Waals surface area (Å²) in [6, 6.07) is 0. The zero-order valence-electron chi connectivity index (χ0n) is 10.1. The Balaban J connectivity index is 2.80. The van der Waals surface area contributed by atoms with Gasteiger partial charge in [0.05, 0.1) is 10.7 Å². The van der Waals surface area contributed by atoms with E-state index in [2.05, 4.69) is 4.98 Å². The van der Waals surface area contributed by atoms with E-state index in [9.17, 15) is 4.79 Å². The first-order valence-corrected chi connectivity index (χ1v) is 6.15. The quantitative estimate of drug-likeness (QED) is 0.859. The molecule has 0 aliphatic carbocycles. The predicted octanol–water partition coefficient (Wildman–Crippen LogP) is 2.14. The van der Waals surface area contributed by atoms with Gasteiger partial charge in [0.1, 0.15) is 5.54 Å². The van der Waals surface area contributed by atoms with Crippen LogP contribution in [0.1, 0.15) is 31.5 Å². The van der Waals surface area contributed by atoms with E-state index in [1.165, 1.54) is 0 Å². The highest BCUT2D eigenvalue weighted by Crippen LogP contribution is 2.19. The second kappa shape index (κ2) is 4.93. The normalized spacial score (nSPS) is 12.1. The highest BCUT2D eigenvalue weighted by molar-refractivity contribution is 7.09. The van der Waals surface area contributed by atoms with E-state index in [0.29, 0.717) is 13.1 Å². The largest absolute Gasteiger partial charge is 0.480 e. The number of carboxylic acids is 1. The predicted molar refractivity (Wildman–Crippen MR) is 64.6 cm³/mol. The van der Waals surface area contributed by atoms with Crippen molar-refractivity contribution < 1.29 is 9.90 Å². The molecule has 90 valence electrons. The molecule has 0 saturated carbocycles. The third kappa shape index (κ3) is 2.80. The Labute approximate surface area is 99.9 Å². The van der Waals surface area contributed by atoms with Crippen LogP contribution >= 0.6 is 11.3 Å². The van der Waals surface area contributed by atoms with Crippen molar-refractivity contribution >= 4 is 17.3 Å². The molecule has 0 amide bonds. The van der Waals surface area contributed by atoms with Gasteiger partial charge in [-0.1, -0.05) is 6.92 Å². The van der Waals surface area contributed by atoms with Gasteiger partial charge >= 0.3 is 5.97 Å². The molecule has 0 atom stereocenters. The molecule has 4 nitrogen and oxygen atoms in total.